The molecule has 1 aliphatic rings. The largest absolute Gasteiger partial charge is 0.387 e. The molecule has 0 aromatic carbocycles. The molecule has 2 rings (SSSR count). The van der Waals surface area contributed by atoms with Gasteiger partial charge in [-0.15, -0.1) is 34.2 Å². The van der Waals surface area contributed by atoms with Gasteiger partial charge in [-0.1, -0.05) is 6.92 Å². The molecule has 0 aliphatic carbocycles. The van der Waals surface area contributed by atoms with E-state index < -0.39 is 5.60 Å². The lowest BCUT2D eigenvalue weighted by atomic mass is 10.1. The van der Waals surface area contributed by atoms with Gasteiger partial charge in [-0.25, -0.2) is 0 Å². The van der Waals surface area contributed by atoms with Gasteiger partial charge in [0, 0.05) is 45.7 Å². The fourth-order valence-corrected chi connectivity index (χ4v) is 2.92. The van der Waals surface area contributed by atoms with E-state index in [2.05, 4.69) is 37.6 Å². The second-order valence-corrected chi connectivity index (χ2v) is 6.80. The fraction of sp³-hybridized carbons (Fsp3) is 0.824. The van der Waals surface area contributed by atoms with Crippen molar-refractivity contribution in [3.05, 3.63) is 12.2 Å². The molecule has 0 saturated carbocycles. The highest BCUT2D eigenvalue weighted by molar-refractivity contribution is 14.0. The van der Waals surface area contributed by atoms with Crippen LogP contribution in [-0.2, 0) is 17.7 Å². The van der Waals surface area contributed by atoms with E-state index in [0.717, 1.165) is 51.6 Å². The third kappa shape index (κ3) is 8.71. The summed E-state index contributed by atoms with van der Waals surface area (Å²) in [5.41, 5.74) is -0.872. The first-order valence-electron chi connectivity index (χ1n) is 9.45. The molecule has 9 nitrogen and oxygen atoms in total. The first-order chi connectivity index (χ1) is 12.5. The highest BCUT2D eigenvalue weighted by Crippen LogP contribution is 2.09. The maximum atomic E-state index is 10.7. The lowest BCUT2D eigenvalue weighted by molar-refractivity contribution is -0.0179. The summed E-state index contributed by atoms with van der Waals surface area (Å²) in [6, 6.07) is 0. The quantitative estimate of drug-likeness (QED) is 0.254. The van der Waals surface area contributed by atoms with Crippen LogP contribution in [0.4, 0.5) is 0 Å². The zero-order valence-electron chi connectivity index (χ0n) is 16.6. The molecule has 0 radical (unpaired) electrons. The normalized spacial score (nSPS) is 17.9. The molecule has 3 N–H and O–H groups in total. The summed E-state index contributed by atoms with van der Waals surface area (Å²) in [7, 11) is 0. The van der Waals surface area contributed by atoms with Crippen LogP contribution in [-0.4, -0.2) is 88.8 Å². The summed E-state index contributed by atoms with van der Waals surface area (Å²) in [6.07, 6.45) is 2.61. The average molecular weight is 495 g/mol. The molecular formula is C17H34IN7O2. The Hall–Kier alpha value is -0.980. The molecule has 1 atom stereocenters. The monoisotopic (exact) mass is 495 g/mol. The Balaban J connectivity index is 0.00000364. The van der Waals surface area contributed by atoms with Crippen LogP contribution in [0.2, 0.25) is 0 Å². The van der Waals surface area contributed by atoms with Crippen LogP contribution in [0.5, 0.6) is 0 Å². The molecule has 0 amide bonds. The highest BCUT2D eigenvalue weighted by Gasteiger charge is 2.25. The molecule has 1 aromatic heterocycles. The van der Waals surface area contributed by atoms with Crippen molar-refractivity contribution in [2.24, 2.45) is 4.99 Å². The van der Waals surface area contributed by atoms with E-state index in [0.29, 0.717) is 25.6 Å². The van der Waals surface area contributed by atoms with Crippen molar-refractivity contribution < 1.29 is 9.84 Å². The zero-order chi connectivity index (χ0) is 18.8. The summed E-state index contributed by atoms with van der Waals surface area (Å²) >= 11 is 0. The van der Waals surface area contributed by atoms with Gasteiger partial charge in [0.15, 0.2) is 5.96 Å². The minimum atomic E-state index is -0.872. The van der Waals surface area contributed by atoms with E-state index >= 15 is 0 Å². The Morgan fingerprint density at radius 1 is 1.33 bits per heavy atom. The van der Waals surface area contributed by atoms with Gasteiger partial charge in [0.1, 0.15) is 12.2 Å². The van der Waals surface area contributed by atoms with E-state index in [1.54, 1.807) is 6.33 Å². The number of guanidine groups is 1. The number of hydrogen-bond acceptors (Lipinski definition) is 6. The summed E-state index contributed by atoms with van der Waals surface area (Å²) in [5.74, 6) is 1.68. The molecule has 156 valence electrons. The van der Waals surface area contributed by atoms with Crippen molar-refractivity contribution in [3.8, 4) is 0 Å². The summed E-state index contributed by atoms with van der Waals surface area (Å²) in [6.45, 7) is 12.3. The van der Waals surface area contributed by atoms with E-state index in [-0.39, 0.29) is 24.0 Å². The number of aliphatic imine (C=N–C) groups is 1. The van der Waals surface area contributed by atoms with Gasteiger partial charge in [0.25, 0.3) is 0 Å². The van der Waals surface area contributed by atoms with E-state index in [9.17, 15) is 5.11 Å². The number of aliphatic hydroxyl groups is 1. The van der Waals surface area contributed by atoms with Gasteiger partial charge >= 0.3 is 0 Å². The molecule has 10 heteroatoms. The number of β-amino-alcohol motifs (C(OH)–C–C–N with tert-alkyl or cyclic N) is 1. The molecule has 1 saturated heterocycles. The van der Waals surface area contributed by atoms with Crippen molar-refractivity contribution in [1.82, 2.24) is 30.3 Å². The second kappa shape index (κ2) is 12.5. The maximum absolute atomic E-state index is 10.7. The van der Waals surface area contributed by atoms with E-state index in [4.69, 9.17) is 4.74 Å². The minimum absolute atomic E-state index is 0. The number of nitrogens with one attached hydrogen (secondary N) is 2. The molecule has 2 heterocycles. The Morgan fingerprint density at radius 3 is 2.74 bits per heavy atom. The van der Waals surface area contributed by atoms with Gasteiger partial charge in [-0.05, 0) is 13.8 Å². The molecule has 1 fully saturated rings. The van der Waals surface area contributed by atoms with Crippen LogP contribution in [0, 0.1) is 0 Å². The number of rotatable bonds is 9. The van der Waals surface area contributed by atoms with Crippen LogP contribution in [0.15, 0.2) is 11.3 Å². The van der Waals surface area contributed by atoms with Crippen LogP contribution in [0.1, 0.15) is 26.6 Å². The molecule has 1 aromatic rings. The third-order valence-corrected chi connectivity index (χ3v) is 4.25. The van der Waals surface area contributed by atoms with Crippen molar-refractivity contribution in [3.63, 3.8) is 0 Å². The van der Waals surface area contributed by atoms with E-state index in [1.807, 2.05) is 18.4 Å². The predicted molar refractivity (Wildman–Crippen MR) is 117 cm³/mol. The number of halogens is 1. The average Bonchev–Trinajstić information content (AvgIpc) is 3.08. The predicted octanol–water partition coefficient (Wildman–Crippen LogP) is 0.0968. The number of aromatic nitrogens is 3. The van der Waals surface area contributed by atoms with E-state index in [1.165, 1.54) is 0 Å². The zero-order valence-corrected chi connectivity index (χ0v) is 19.0. The Morgan fingerprint density at radius 2 is 2.07 bits per heavy atom. The number of morpholine rings is 1. The Bertz CT molecular complexity index is 559. The molecular weight excluding hydrogens is 461 g/mol. The van der Waals surface area contributed by atoms with Crippen molar-refractivity contribution in [2.45, 2.75) is 39.3 Å². The van der Waals surface area contributed by atoms with Gasteiger partial charge in [-0.3, -0.25) is 9.89 Å². The van der Waals surface area contributed by atoms with Crippen molar-refractivity contribution in [2.75, 3.05) is 52.5 Å². The fourth-order valence-electron chi connectivity index (χ4n) is 2.92. The Kier molecular flexibility index (Phi) is 11.1. The first kappa shape index (κ1) is 24.1. The van der Waals surface area contributed by atoms with Gasteiger partial charge in [0.2, 0.25) is 0 Å². The van der Waals surface area contributed by atoms with Crippen molar-refractivity contribution >= 4 is 29.9 Å². The molecule has 27 heavy (non-hydrogen) atoms. The molecule has 0 bridgehead atoms. The Labute approximate surface area is 179 Å². The number of aryl methyl sites for hydroxylation is 1. The second-order valence-electron chi connectivity index (χ2n) is 6.80. The summed E-state index contributed by atoms with van der Waals surface area (Å²) in [5, 5.41) is 25.2. The smallest absolute Gasteiger partial charge is 0.191 e. The minimum Gasteiger partial charge on any atom is -0.387 e. The first-order valence-corrected chi connectivity index (χ1v) is 9.45. The lowest BCUT2D eigenvalue weighted by Crippen LogP contribution is -2.48. The SMILES string of the molecule is CCNC(=NCC(C)(O)CN1CCOCC1)NCCn1cnnc1CC.I. The highest BCUT2D eigenvalue weighted by atomic mass is 127. The van der Waals surface area contributed by atoms with Gasteiger partial charge < -0.3 is 25.0 Å². The standard InChI is InChI=1S/C17H33N7O2.HI/c1-4-15-22-21-14-24(15)7-6-19-16(18-5-2)20-12-17(3,25)13-23-8-10-26-11-9-23;/h14,25H,4-13H2,1-3H3,(H2,18,19,20);1H. The van der Waals surface area contributed by atoms with Crippen LogP contribution >= 0.6 is 24.0 Å². The summed E-state index contributed by atoms with van der Waals surface area (Å²) in [4.78, 5) is 6.78. The number of nitrogens with zero attached hydrogens (tertiary/aromatic N) is 5. The number of ether oxygens (including phenoxy) is 1. The van der Waals surface area contributed by atoms with Crippen molar-refractivity contribution in [1.29, 1.82) is 0 Å². The summed E-state index contributed by atoms with van der Waals surface area (Å²) < 4.78 is 7.39. The van der Waals surface area contributed by atoms with Crippen LogP contribution in [0.3, 0.4) is 0 Å². The molecule has 1 unspecified atom stereocenters. The third-order valence-electron chi connectivity index (χ3n) is 4.25. The topological polar surface area (TPSA) is 99.8 Å². The maximum Gasteiger partial charge on any atom is 0.191 e. The van der Waals surface area contributed by atoms with Gasteiger partial charge in [-0.2, -0.15) is 0 Å². The van der Waals surface area contributed by atoms with Crippen LogP contribution < -0.4 is 10.6 Å². The van der Waals surface area contributed by atoms with Crippen LogP contribution in [0.25, 0.3) is 0 Å². The van der Waals surface area contributed by atoms with Gasteiger partial charge in [0.05, 0.1) is 25.4 Å². The molecule has 0 spiro atoms. The molecule has 1 aliphatic heterocycles. The number of hydrogen-bond donors (Lipinski definition) is 3. The lowest BCUT2D eigenvalue weighted by Gasteiger charge is -2.33.